The standard InChI is InChI=1S/C26H27F7N4O6S/c27-18-11-16(3-6-19(18)34-23(40)35-20-13-44(42,43)14-21(20)38)22(39)37-9-7-36(8-10-37)12-15-1-4-17(5-2-15)24(41,25(28,29)30)26(31,32)33/h1-6,11,20-21,38,41H,7-10,12-14H2,(H2,34,35,40)/t20-,21+/m0/s1. The second kappa shape index (κ2) is 12.1. The van der Waals surface area contributed by atoms with Crippen LogP contribution in [0.2, 0.25) is 0 Å². The van der Waals surface area contributed by atoms with Crippen LogP contribution in [0.4, 0.5) is 41.2 Å². The first-order valence-electron chi connectivity index (χ1n) is 13.0. The number of amides is 3. The number of sulfone groups is 1. The fraction of sp³-hybridized carbons (Fsp3) is 0.462. The van der Waals surface area contributed by atoms with Gasteiger partial charge in [-0.1, -0.05) is 24.3 Å². The Morgan fingerprint density at radius 2 is 1.50 bits per heavy atom. The number of alkyl halides is 6. The van der Waals surface area contributed by atoms with Crippen LogP contribution in [0.5, 0.6) is 0 Å². The Hall–Kier alpha value is -3.48. The summed E-state index contributed by atoms with van der Waals surface area (Å²) in [5.74, 6) is -2.45. The molecule has 10 nitrogen and oxygen atoms in total. The van der Waals surface area contributed by atoms with Crippen LogP contribution >= 0.6 is 0 Å². The Morgan fingerprint density at radius 3 is 2.00 bits per heavy atom. The molecule has 18 heteroatoms. The number of urea groups is 1. The monoisotopic (exact) mass is 656 g/mol. The van der Waals surface area contributed by atoms with E-state index in [0.29, 0.717) is 17.7 Å². The van der Waals surface area contributed by atoms with Gasteiger partial charge >= 0.3 is 18.4 Å². The van der Waals surface area contributed by atoms with Gasteiger partial charge in [-0.25, -0.2) is 17.6 Å². The molecule has 0 saturated carbocycles. The first kappa shape index (κ1) is 33.4. The van der Waals surface area contributed by atoms with Gasteiger partial charge in [0.1, 0.15) is 5.82 Å². The highest BCUT2D eigenvalue weighted by Crippen LogP contribution is 2.50. The fourth-order valence-electron chi connectivity index (χ4n) is 4.93. The molecule has 2 aliphatic rings. The minimum absolute atomic E-state index is 0.0309. The van der Waals surface area contributed by atoms with Crippen LogP contribution in [0.3, 0.4) is 0 Å². The number of hydrogen-bond donors (Lipinski definition) is 4. The predicted octanol–water partition coefficient (Wildman–Crippen LogP) is 2.38. The van der Waals surface area contributed by atoms with Gasteiger partial charge in [0.25, 0.3) is 11.5 Å². The van der Waals surface area contributed by atoms with Gasteiger partial charge in [-0.15, -0.1) is 0 Å². The molecule has 242 valence electrons. The van der Waals surface area contributed by atoms with Crippen molar-refractivity contribution in [2.45, 2.75) is 36.6 Å². The summed E-state index contributed by atoms with van der Waals surface area (Å²) in [6.45, 7) is 1.06. The molecular formula is C26H27F7N4O6S. The van der Waals surface area contributed by atoms with Crippen molar-refractivity contribution in [3.63, 3.8) is 0 Å². The molecular weight excluding hydrogens is 629 g/mol. The fourth-order valence-corrected chi connectivity index (χ4v) is 6.67. The molecule has 0 aliphatic carbocycles. The summed E-state index contributed by atoms with van der Waals surface area (Å²) in [6.07, 6.45) is -13.3. The summed E-state index contributed by atoms with van der Waals surface area (Å²) >= 11 is 0. The van der Waals surface area contributed by atoms with Crippen LogP contribution in [0.25, 0.3) is 0 Å². The van der Waals surface area contributed by atoms with Gasteiger partial charge in [0.05, 0.1) is 29.3 Å². The van der Waals surface area contributed by atoms with E-state index in [4.69, 9.17) is 0 Å². The van der Waals surface area contributed by atoms with E-state index in [-0.39, 0.29) is 44.0 Å². The number of benzene rings is 2. The normalized spacial score (nSPS) is 21.2. The van der Waals surface area contributed by atoms with Crippen LogP contribution in [0.1, 0.15) is 21.5 Å². The molecule has 2 heterocycles. The quantitative estimate of drug-likeness (QED) is 0.351. The van der Waals surface area contributed by atoms with Crippen LogP contribution in [0, 0.1) is 5.82 Å². The van der Waals surface area contributed by atoms with E-state index < -0.39 is 74.8 Å². The van der Waals surface area contributed by atoms with Crippen molar-refractivity contribution in [2.75, 3.05) is 43.0 Å². The zero-order valence-corrected chi connectivity index (χ0v) is 23.4. The van der Waals surface area contributed by atoms with Crippen LogP contribution < -0.4 is 10.6 Å². The largest absolute Gasteiger partial charge is 0.430 e. The number of aliphatic hydroxyl groups is 2. The average Bonchev–Trinajstić information content (AvgIpc) is 3.18. The van der Waals surface area contributed by atoms with E-state index in [1.165, 1.54) is 11.0 Å². The lowest BCUT2D eigenvalue weighted by atomic mass is 9.91. The van der Waals surface area contributed by atoms with E-state index in [2.05, 4.69) is 10.6 Å². The van der Waals surface area contributed by atoms with Gasteiger partial charge in [-0.05, 0) is 23.8 Å². The summed E-state index contributed by atoms with van der Waals surface area (Å²) in [7, 11) is -3.52. The molecule has 0 bridgehead atoms. The molecule has 4 rings (SSSR count). The summed E-state index contributed by atoms with van der Waals surface area (Å²) < 4.78 is 116. The number of carbonyl (C=O) groups excluding carboxylic acids is 2. The van der Waals surface area contributed by atoms with Crippen molar-refractivity contribution in [1.82, 2.24) is 15.1 Å². The van der Waals surface area contributed by atoms with Gasteiger partial charge in [0.2, 0.25) is 0 Å². The number of nitrogens with one attached hydrogen (secondary N) is 2. The molecule has 44 heavy (non-hydrogen) atoms. The van der Waals surface area contributed by atoms with Gasteiger partial charge < -0.3 is 25.7 Å². The van der Waals surface area contributed by atoms with E-state index >= 15 is 0 Å². The molecule has 0 radical (unpaired) electrons. The zero-order chi connectivity index (χ0) is 32.7. The van der Waals surface area contributed by atoms with Crippen molar-refractivity contribution in [3.8, 4) is 0 Å². The number of piperazine rings is 1. The number of aliphatic hydroxyl groups excluding tert-OH is 1. The molecule has 2 aromatic carbocycles. The number of hydrogen-bond acceptors (Lipinski definition) is 7. The number of rotatable bonds is 6. The molecule has 2 saturated heterocycles. The maximum atomic E-state index is 14.7. The molecule has 2 aromatic rings. The van der Waals surface area contributed by atoms with Crippen LogP contribution in [0.15, 0.2) is 42.5 Å². The van der Waals surface area contributed by atoms with Crippen molar-refractivity contribution in [1.29, 1.82) is 0 Å². The molecule has 0 unspecified atom stereocenters. The SMILES string of the molecule is O=C(Nc1ccc(C(=O)N2CCN(Cc3ccc(C(O)(C(F)(F)F)C(F)(F)F)cc3)CC2)cc1F)N[C@H]1CS(=O)(=O)C[C@H]1O. The van der Waals surface area contributed by atoms with Gasteiger partial charge in [0, 0.05) is 43.9 Å². The summed E-state index contributed by atoms with van der Waals surface area (Å²) in [6, 6.07) is 4.53. The van der Waals surface area contributed by atoms with E-state index in [1.54, 1.807) is 4.90 Å². The Kier molecular flexibility index (Phi) is 9.21. The van der Waals surface area contributed by atoms with Crippen molar-refractivity contribution >= 4 is 27.5 Å². The summed E-state index contributed by atoms with van der Waals surface area (Å²) in [5.41, 5.74) is -6.34. The molecule has 2 atom stereocenters. The Labute approximate surface area is 246 Å². The second-order valence-corrected chi connectivity index (χ2v) is 12.7. The third kappa shape index (κ3) is 7.08. The Bertz CT molecular complexity index is 1480. The first-order valence-corrected chi connectivity index (χ1v) is 14.9. The smallest absolute Gasteiger partial charge is 0.390 e. The maximum Gasteiger partial charge on any atom is 0.430 e. The molecule has 2 fully saturated rings. The number of halogens is 7. The van der Waals surface area contributed by atoms with Crippen LogP contribution in [-0.4, -0.2) is 103 Å². The predicted molar refractivity (Wildman–Crippen MR) is 141 cm³/mol. The lowest BCUT2D eigenvalue weighted by Crippen LogP contribution is -2.53. The van der Waals surface area contributed by atoms with E-state index in [9.17, 15) is 59.0 Å². The maximum absolute atomic E-state index is 14.7. The zero-order valence-electron chi connectivity index (χ0n) is 22.6. The molecule has 4 N–H and O–H groups in total. The summed E-state index contributed by atoms with van der Waals surface area (Å²) in [4.78, 5) is 28.3. The van der Waals surface area contributed by atoms with Crippen molar-refractivity contribution < 1.29 is 59.0 Å². The summed E-state index contributed by atoms with van der Waals surface area (Å²) in [5, 5.41) is 23.8. The lowest BCUT2D eigenvalue weighted by molar-refractivity contribution is -0.376. The molecule has 3 amide bonds. The van der Waals surface area contributed by atoms with E-state index in [1.807, 2.05) is 0 Å². The highest BCUT2D eigenvalue weighted by Gasteiger charge is 2.71. The van der Waals surface area contributed by atoms with Crippen molar-refractivity contribution in [3.05, 3.63) is 65.0 Å². The number of nitrogens with zero attached hydrogens (tertiary/aromatic N) is 2. The first-order chi connectivity index (χ1) is 20.3. The third-order valence-electron chi connectivity index (χ3n) is 7.36. The Balaban J connectivity index is 1.31. The molecule has 0 aromatic heterocycles. The molecule has 0 spiro atoms. The van der Waals surface area contributed by atoms with Crippen LogP contribution in [-0.2, 0) is 22.0 Å². The minimum atomic E-state index is -5.99. The van der Waals surface area contributed by atoms with Gasteiger partial charge in [-0.3, -0.25) is 9.69 Å². The lowest BCUT2D eigenvalue weighted by Gasteiger charge is -2.35. The minimum Gasteiger partial charge on any atom is -0.390 e. The highest BCUT2D eigenvalue weighted by molar-refractivity contribution is 7.91. The van der Waals surface area contributed by atoms with E-state index in [0.717, 1.165) is 24.3 Å². The third-order valence-corrected chi connectivity index (χ3v) is 9.08. The average molecular weight is 657 g/mol. The van der Waals surface area contributed by atoms with Crippen molar-refractivity contribution in [2.24, 2.45) is 0 Å². The highest BCUT2D eigenvalue weighted by atomic mass is 32.2. The van der Waals surface area contributed by atoms with Gasteiger partial charge in [-0.2, -0.15) is 26.3 Å². The number of carbonyl (C=O) groups is 2. The Morgan fingerprint density at radius 1 is 0.909 bits per heavy atom. The number of anilines is 1. The molecule has 2 aliphatic heterocycles. The topological polar surface area (TPSA) is 139 Å². The second-order valence-electron chi connectivity index (χ2n) is 10.5. The van der Waals surface area contributed by atoms with Gasteiger partial charge in [0.15, 0.2) is 9.84 Å².